The third-order valence-electron chi connectivity index (χ3n) is 3.41. The van der Waals surface area contributed by atoms with Gasteiger partial charge in [0.05, 0.1) is 13.2 Å². The maximum absolute atomic E-state index is 12.0. The number of rotatable bonds is 5. The van der Waals surface area contributed by atoms with Crippen LogP contribution in [0, 0.1) is 12.3 Å². The Morgan fingerprint density at radius 2 is 2.28 bits per heavy atom. The summed E-state index contributed by atoms with van der Waals surface area (Å²) in [5, 5.41) is 2.95. The minimum atomic E-state index is -0.480. The minimum Gasteiger partial charge on any atom is -0.379 e. The first-order chi connectivity index (χ1) is 8.66. The highest BCUT2D eigenvalue weighted by Crippen LogP contribution is 2.25. The molecule has 1 aromatic carbocycles. The Labute approximate surface area is 108 Å². The number of amides is 1. The quantitative estimate of drug-likeness (QED) is 0.803. The molecule has 98 valence electrons. The first kappa shape index (κ1) is 13.1. The fraction of sp³-hybridized carbons (Fsp3) is 0.500. The van der Waals surface area contributed by atoms with Crippen molar-refractivity contribution < 1.29 is 9.53 Å². The van der Waals surface area contributed by atoms with E-state index < -0.39 is 5.41 Å². The van der Waals surface area contributed by atoms with E-state index in [9.17, 15) is 4.79 Å². The van der Waals surface area contributed by atoms with Gasteiger partial charge in [0.15, 0.2) is 0 Å². The summed E-state index contributed by atoms with van der Waals surface area (Å²) in [6, 6.07) is 8.31. The van der Waals surface area contributed by atoms with Crippen LogP contribution < -0.4 is 11.1 Å². The lowest BCUT2D eigenvalue weighted by Crippen LogP contribution is -2.58. The van der Waals surface area contributed by atoms with E-state index in [0.29, 0.717) is 26.3 Å². The van der Waals surface area contributed by atoms with Gasteiger partial charge in [-0.3, -0.25) is 4.79 Å². The average molecular weight is 248 g/mol. The largest absolute Gasteiger partial charge is 0.379 e. The summed E-state index contributed by atoms with van der Waals surface area (Å²) in [4.78, 5) is 12.0. The van der Waals surface area contributed by atoms with Crippen LogP contribution in [0.3, 0.4) is 0 Å². The zero-order valence-corrected chi connectivity index (χ0v) is 10.7. The normalized spacial score (nSPS) is 17.0. The topological polar surface area (TPSA) is 64.4 Å². The van der Waals surface area contributed by atoms with Crippen LogP contribution in [0.5, 0.6) is 0 Å². The molecule has 0 saturated carbocycles. The standard InChI is InChI=1S/C14H20N2O2/c1-11-3-2-4-12(7-11)5-6-16-13(17)14(8-15)9-18-10-14/h2-4,7H,5-6,8-10,15H2,1H3,(H,16,17). The molecule has 18 heavy (non-hydrogen) atoms. The minimum absolute atomic E-state index is 0.0175. The van der Waals surface area contributed by atoms with Crippen LogP contribution in [-0.2, 0) is 16.0 Å². The molecule has 1 aliphatic heterocycles. The van der Waals surface area contributed by atoms with Gasteiger partial charge in [0, 0.05) is 13.1 Å². The summed E-state index contributed by atoms with van der Waals surface area (Å²) >= 11 is 0. The zero-order chi connectivity index (χ0) is 13.0. The van der Waals surface area contributed by atoms with Crippen molar-refractivity contribution in [3.05, 3.63) is 35.4 Å². The molecule has 1 aromatic rings. The fourth-order valence-corrected chi connectivity index (χ4v) is 2.07. The SMILES string of the molecule is Cc1cccc(CCNC(=O)C2(CN)COC2)c1. The van der Waals surface area contributed by atoms with Gasteiger partial charge in [-0.25, -0.2) is 0 Å². The Hall–Kier alpha value is -1.39. The summed E-state index contributed by atoms with van der Waals surface area (Å²) in [7, 11) is 0. The van der Waals surface area contributed by atoms with E-state index in [2.05, 4.69) is 30.4 Å². The predicted octanol–water partition coefficient (Wildman–Crippen LogP) is 0.629. The molecular formula is C14H20N2O2. The average Bonchev–Trinajstić information content (AvgIpc) is 2.28. The van der Waals surface area contributed by atoms with Gasteiger partial charge >= 0.3 is 0 Å². The number of hydrogen-bond donors (Lipinski definition) is 2. The molecule has 1 saturated heterocycles. The molecule has 3 N–H and O–H groups in total. The van der Waals surface area contributed by atoms with Gasteiger partial charge in [-0.2, -0.15) is 0 Å². The molecular weight excluding hydrogens is 228 g/mol. The first-order valence-corrected chi connectivity index (χ1v) is 6.28. The number of ether oxygens (including phenoxy) is 1. The highest BCUT2D eigenvalue weighted by Gasteiger charge is 2.44. The van der Waals surface area contributed by atoms with Gasteiger partial charge in [-0.15, -0.1) is 0 Å². The Kier molecular flexibility index (Phi) is 3.99. The van der Waals surface area contributed by atoms with E-state index in [1.54, 1.807) is 0 Å². The lowest BCUT2D eigenvalue weighted by molar-refractivity contribution is -0.159. The number of nitrogens with two attached hydrogens (primary N) is 1. The lowest BCUT2D eigenvalue weighted by Gasteiger charge is -2.38. The molecule has 0 spiro atoms. The molecule has 0 aliphatic carbocycles. The molecule has 1 aliphatic rings. The second-order valence-corrected chi connectivity index (χ2v) is 4.97. The number of benzene rings is 1. The van der Waals surface area contributed by atoms with E-state index in [0.717, 1.165) is 6.42 Å². The monoisotopic (exact) mass is 248 g/mol. The molecule has 1 amide bonds. The summed E-state index contributed by atoms with van der Waals surface area (Å²) in [6.45, 7) is 3.95. The molecule has 4 heteroatoms. The number of carbonyl (C=O) groups is 1. The number of carbonyl (C=O) groups excluding carboxylic acids is 1. The highest BCUT2D eigenvalue weighted by atomic mass is 16.5. The molecule has 0 atom stereocenters. The van der Waals surface area contributed by atoms with E-state index in [4.69, 9.17) is 10.5 Å². The molecule has 0 radical (unpaired) electrons. The molecule has 0 aromatic heterocycles. The molecule has 0 unspecified atom stereocenters. The van der Waals surface area contributed by atoms with Crippen molar-refractivity contribution in [2.24, 2.45) is 11.1 Å². The summed E-state index contributed by atoms with van der Waals surface area (Å²) in [5.74, 6) is 0.0175. The van der Waals surface area contributed by atoms with Crippen LogP contribution in [-0.4, -0.2) is 32.2 Å². The van der Waals surface area contributed by atoms with Crippen molar-refractivity contribution in [1.29, 1.82) is 0 Å². The van der Waals surface area contributed by atoms with Crippen LogP contribution in [0.2, 0.25) is 0 Å². The van der Waals surface area contributed by atoms with Crippen molar-refractivity contribution in [1.82, 2.24) is 5.32 Å². The number of aryl methyl sites for hydroxylation is 1. The molecule has 0 bridgehead atoms. The van der Waals surface area contributed by atoms with Crippen LogP contribution in [0.15, 0.2) is 24.3 Å². The van der Waals surface area contributed by atoms with Gasteiger partial charge in [0.25, 0.3) is 0 Å². The van der Waals surface area contributed by atoms with Crippen molar-refractivity contribution in [2.45, 2.75) is 13.3 Å². The lowest BCUT2D eigenvalue weighted by atomic mass is 9.85. The third-order valence-corrected chi connectivity index (χ3v) is 3.41. The van der Waals surface area contributed by atoms with Gasteiger partial charge in [0.1, 0.15) is 5.41 Å². The Morgan fingerprint density at radius 3 is 2.83 bits per heavy atom. The molecule has 1 heterocycles. The Bertz CT molecular complexity index is 422. The zero-order valence-electron chi connectivity index (χ0n) is 10.7. The van der Waals surface area contributed by atoms with Gasteiger partial charge in [-0.1, -0.05) is 29.8 Å². The van der Waals surface area contributed by atoms with Crippen molar-refractivity contribution in [2.75, 3.05) is 26.3 Å². The maximum Gasteiger partial charge on any atom is 0.232 e. The third kappa shape index (κ3) is 2.71. The maximum atomic E-state index is 12.0. The van der Waals surface area contributed by atoms with Crippen LogP contribution >= 0.6 is 0 Å². The van der Waals surface area contributed by atoms with Crippen LogP contribution in [0.1, 0.15) is 11.1 Å². The van der Waals surface area contributed by atoms with Crippen LogP contribution in [0.4, 0.5) is 0 Å². The smallest absolute Gasteiger partial charge is 0.232 e. The highest BCUT2D eigenvalue weighted by molar-refractivity contribution is 5.84. The van der Waals surface area contributed by atoms with E-state index in [1.165, 1.54) is 11.1 Å². The fourth-order valence-electron chi connectivity index (χ4n) is 2.07. The number of hydrogen-bond acceptors (Lipinski definition) is 3. The molecule has 1 fully saturated rings. The van der Waals surface area contributed by atoms with E-state index in [1.807, 2.05) is 6.07 Å². The summed E-state index contributed by atoms with van der Waals surface area (Å²) < 4.78 is 5.09. The Balaban J connectivity index is 1.80. The number of nitrogens with one attached hydrogen (secondary N) is 1. The van der Waals surface area contributed by atoms with Crippen LogP contribution in [0.25, 0.3) is 0 Å². The molecule has 4 nitrogen and oxygen atoms in total. The predicted molar refractivity (Wildman–Crippen MR) is 70.2 cm³/mol. The Morgan fingerprint density at radius 1 is 1.50 bits per heavy atom. The second kappa shape index (κ2) is 5.50. The summed E-state index contributed by atoms with van der Waals surface area (Å²) in [5.41, 5.74) is 7.63. The van der Waals surface area contributed by atoms with Gasteiger partial charge in [0.2, 0.25) is 5.91 Å². The second-order valence-electron chi connectivity index (χ2n) is 4.97. The van der Waals surface area contributed by atoms with Gasteiger partial charge < -0.3 is 15.8 Å². The van der Waals surface area contributed by atoms with Crippen molar-refractivity contribution >= 4 is 5.91 Å². The van der Waals surface area contributed by atoms with Crippen molar-refractivity contribution in [3.8, 4) is 0 Å². The summed E-state index contributed by atoms with van der Waals surface area (Å²) in [6.07, 6.45) is 0.842. The first-order valence-electron chi connectivity index (χ1n) is 6.28. The van der Waals surface area contributed by atoms with Crippen molar-refractivity contribution in [3.63, 3.8) is 0 Å². The van der Waals surface area contributed by atoms with Gasteiger partial charge in [-0.05, 0) is 18.9 Å². The molecule has 2 rings (SSSR count). The van der Waals surface area contributed by atoms with E-state index in [-0.39, 0.29) is 5.91 Å². The van der Waals surface area contributed by atoms with E-state index >= 15 is 0 Å².